The number of aromatic nitrogens is 3. The van der Waals surface area contributed by atoms with E-state index in [0.717, 1.165) is 18.5 Å². The Labute approximate surface area is 124 Å². The molecule has 0 radical (unpaired) electrons. The lowest BCUT2D eigenvalue weighted by molar-refractivity contribution is 0.0936. The van der Waals surface area contributed by atoms with Crippen molar-refractivity contribution in [3.8, 4) is 0 Å². The molecular weight excluding hydrogens is 266 g/mol. The van der Waals surface area contributed by atoms with Gasteiger partial charge in [0.15, 0.2) is 0 Å². The van der Waals surface area contributed by atoms with Crippen molar-refractivity contribution in [3.63, 3.8) is 0 Å². The van der Waals surface area contributed by atoms with Crippen molar-refractivity contribution in [2.75, 3.05) is 5.73 Å². The van der Waals surface area contributed by atoms with Gasteiger partial charge in [0.25, 0.3) is 5.91 Å². The lowest BCUT2D eigenvalue weighted by Crippen LogP contribution is -2.35. The number of hydrogen-bond donors (Lipinski definition) is 2. The molecule has 112 valence electrons. The largest absolute Gasteiger partial charge is 0.384 e. The minimum absolute atomic E-state index is 0.00397. The van der Waals surface area contributed by atoms with E-state index in [4.69, 9.17) is 5.73 Å². The molecular formula is C15H21N5O. The van der Waals surface area contributed by atoms with Crippen LogP contribution in [0.2, 0.25) is 0 Å². The van der Waals surface area contributed by atoms with Gasteiger partial charge in [-0.3, -0.25) is 4.79 Å². The van der Waals surface area contributed by atoms with E-state index >= 15 is 0 Å². The number of carbonyl (C=O) groups is 1. The van der Waals surface area contributed by atoms with Crippen molar-refractivity contribution in [2.24, 2.45) is 0 Å². The summed E-state index contributed by atoms with van der Waals surface area (Å²) in [6.45, 7) is 4.70. The Kier molecular flexibility index (Phi) is 4.92. The molecule has 3 N–H and O–H groups in total. The molecule has 2 aromatic heterocycles. The number of hydrogen-bond acceptors (Lipinski definition) is 4. The third kappa shape index (κ3) is 4.30. The van der Waals surface area contributed by atoms with Crippen LogP contribution in [0.3, 0.4) is 0 Å². The monoisotopic (exact) mass is 287 g/mol. The van der Waals surface area contributed by atoms with Crippen molar-refractivity contribution in [1.29, 1.82) is 0 Å². The quantitative estimate of drug-likeness (QED) is 0.845. The highest BCUT2D eigenvalue weighted by atomic mass is 16.1. The molecule has 0 spiro atoms. The zero-order chi connectivity index (χ0) is 15.2. The number of nitrogens with zero attached hydrogens (tertiary/aromatic N) is 3. The highest BCUT2D eigenvalue weighted by Crippen LogP contribution is 2.10. The number of anilines is 1. The van der Waals surface area contributed by atoms with Crippen LogP contribution in [0.4, 0.5) is 5.82 Å². The zero-order valence-corrected chi connectivity index (χ0v) is 12.4. The van der Waals surface area contributed by atoms with E-state index in [0.29, 0.717) is 17.9 Å². The topological polar surface area (TPSA) is 85.8 Å². The van der Waals surface area contributed by atoms with Crippen molar-refractivity contribution < 1.29 is 4.79 Å². The molecule has 0 aliphatic rings. The molecule has 0 bridgehead atoms. The average molecular weight is 287 g/mol. The second-order valence-corrected chi connectivity index (χ2v) is 5.16. The maximum Gasteiger partial charge on any atom is 0.251 e. The smallest absolute Gasteiger partial charge is 0.251 e. The zero-order valence-electron chi connectivity index (χ0n) is 12.4. The highest BCUT2D eigenvalue weighted by molar-refractivity contribution is 5.95. The van der Waals surface area contributed by atoms with E-state index < -0.39 is 0 Å². The van der Waals surface area contributed by atoms with Gasteiger partial charge in [-0.1, -0.05) is 13.3 Å². The Bertz CT molecular complexity index is 594. The molecule has 6 heteroatoms. The molecule has 2 rings (SSSR count). The van der Waals surface area contributed by atoms with E-state index in [1.165, 1.54) is 0 Å². The first kappa shape index (κ1) is 15.0. The van der Waals surface area contributed by atoms with Crippen molar-refractivity contribution in [3.05, 3.63) is 42.1 Å². The van der Waals surface area contributed by atoms with Gasteiger partial charge in [-0.05, 0) is 25.5 Å². The number of pyridine rings is 1. The molecule has 1 unspecified atom stereocenters. The van der Waals surface area contributed by atoms with Gasteiger partial charge in [0.2, 0.25) is 0 Å². The predicted octanol–water partition coefficient (Wildman–Crippen LogP) is 1.63. The number of amides is 1. The minimum atomic E-state index is -0.130. The SMILES string of the molecule is CCCc1cc(C(=O)NC(C)Cn2ccnc2)cc(N)n1. The molecule has 2 aromatic rings. The summed E-state index contributed by atoms with van der Waals surface area (Å²) in [6.07, 6.45) is 7.10. The second kappa shape index (κ2) is 6.88. The summed E-state index contributed by atoms with van der Waals surface area (Å²) in [6, 6.07) is 3.41. The maximum absolute atomic E-state index is 12.3. The van der Waals surface area contributed by atoms with Gasteiger partial charge in [0, 0.05) is 36.2 Å². The summed E-state index contributed by atoms with van der Waals surface area (Å²) in [5.74, 6) is 0.252. The lowest BCUT2D eigenvalue weighted by Gasteiger charge is -2.15. The first-order valence-electron chi connectivity index (χ1n) is 7.11. The van der Waals surface area contributed by atoms with Gasteiger partial charge in [-0.25, -0.2) is 9.97 Å². The Morgan fingerprint density at radius 1 is 1.48 bits per heavy atom. The van der Waals surface area contributed by atoms with Crippen molar-refractivity contribution in [2.45, 2.75) is 39.3 Å². The fourth-order valence-electron chi connectivity index (χ4n) is 2.19. The first-order valence-corrected chi connectivity index (χ1v) is 7.11. The Balaban J connectivity index is 2.02. The van der Waals surface area contributed by atoms with Crippen LogP contribution in [0.1, 0.15) is 36.3 Å². The molecule has 6 nitrogen and oxygen atoms in total. The standard InChI is InChI=1S/C15H21N5O/c1-3-4-13-7-12(8-14(16)19-13)15(21)18-11(2)9-20-6-5-17-10-20/h5-8,10-11H,3-4,9H2,1-2H3,(H2,16,19)(H,18,21). The Hall–Kier alpha value is -2.37. The molecule has 0 saturated heterocycles. The number of carbonyl (C=O) groups excluding carboxylic acids is 1. The van der Waals surface area contributed by atoms with Crippen LogP contribution in [0.25, 0.3) is 0 Å². The molecule has 1 atom stereocenters. The third-order valence-corrected chi connectivity index (χ3v) is 3.09. The van der Waals surface area contributed by atoms with Crippen molar-refractivity contribution >= 4 is 11.7 Å². The van der Waals surface area contributed by atoms with Crippen LogP contribution >= 0.6 is 0 Å². The van der Waals surface area contributed by atoms with Gasteiger partial charge in [0.1, 0.15) is 5.82 Å². The van der Waals surface area contributed by atoms with Crippen LogP contribution in [-0.2, 0) is 13.0 Å². The number of rotatable bonds is 6. The normalized spacial score (nSPS) is 12.1. The van der Waals surface area contributed by atoms with Crippen LogP contribution in [0.5, 0.6) is 0 Å². The number of aryl methyl sites for hydroxylation is 1. The first-order chi connectivity index (χ1) is 10.1. The van der Waals surface area contributed by atoms with Gasteiger partial charge in [-0.15, -0.1) is 0 Å². The second-order valence-electron chi connectivity index (χ2n) is 5.16. The van der Waals surface area contributed by atoms with E-state index in [9.17, 15) is 4.79 Å². The van der Waals surface area contributed by atoms with Crippen LogP contribution in [-0.4, -0.2) is 26.5 Å². The molecule has 0 aliphatic carbocycles. The number of imidazole rings is 1. The summed E-state index contributed by atoms with van der Waals surface area (Å²) >= 11 is 0. The summed E-state index contributed by atoms with van der Waals surface area (Å²) in [7, 11) is 0. The number of nitrogens with two attached hydrogens (primary N) is 1. The van der Waals surface area contributed by atoms with E-state index in [-0.39, 0.29) is 11.9 Å². The van der Waals surface area contributed by atoms with Gasteiger partial charge >= 0.3 is 0 Å². The maximum atomic E-state index is 12.3. The van der Waals surface area contributed by atoms with Crippen LogP contribution in [0.15, 0.2) is 30.9 Å². The third-order valence-electron chi connectivity index (χ3n) is 3.09. The highest BCUT2D eigenvalue weighted by Gasteiger charge is 2.12. The minimum Gasteiger partial charge on any atom is -0.384 e. The number of nitrogen functional groups attached to an aromatic ring is 1. The summed E-state index contributed by atoms with van der Waals surface area (Å²) in [4.78, 5) is 20.5. The van der Waals surface area contributed by atoms with Crippen molar-refractivity contribution in [1.82, 2.24) is 19.9 Å². The molecule has 1 amide bonds. The van der Waals surface area contributed by atoms with E-state index in [1.807, 2.05) is 17.7 Å². The van der Waals surface area contributed by atoms with E-state index in [1.54, 1.807) is 24.7 Å². The number of nitrogens with one attached hydrogen (secondary N) is 1. The molecule has 0 aliphatic heterocycles. The molecule has 0 saturated carbocycles. The van der Waals surface area contributed by atoms with Gasteiger partial charge < -0.3 is 15.6 Å². The van der Waals surface area contributed by atoms with Crippen LogP contribution in [0, 0.1) is 0 Å². The molecule has 0 aromatic carbocycles. The summed E-state index contributed by atoms with van der Waals surface area (Å²) in [5.41, 5.74) is 7.17. The lowest BCUT2D eigenvalue weighted by atomic mass is 10.1. The average Bonchev–Trinajstić information content (AvgIpc) is 2.91. The Morgan fingerprint density at radius 2 is 2.29 bits per heavy atom. The van der Waals surface area contributed by atoms with Gasteiger partial charge in [-0.2, -0.15) is 0 Å². The van der Waals surface area contributed by atoms with E-state index in [2.05, 4.69) is 22.2 Å². The fraction of sp³-hybridized carbons (Fsp3) is 0.400. The summed E-state index contributed by atoms with van der Waals surface area (Å²) < 4.78 is 1.92. The Morgan fingerprint density at radius 3 is 2.95 bits per heavy atom. The van der Waals surface area contributed by atoms with Gasteiger partial charge in [0.05, 0.1) is 6.33 Å². The fourth-order valence-corrected chi connectivity index (χ4v) is 2.19. The summed E-state index contributed by atoms with van der Waals surface area (Å²) in [5, 5.41) is 2.96. The molecule has 21 heavy (non-hydrogen) atoms. The van der Waals surface area contributed by atoms with Crippen LogP contribution < -0.4 is 11.1 Å². The molecule has 2 heterocycles. The predicted molar refractivity (Wildman–Crippen MR) is 81.8 cm³/mol. The molecule has 0 fully saturated rings.